The highest BCUT2D eigenvalue weighted by molar-refractivity contribution is 9.10. The van der Waals surface area contributed by atoms with Gasteiger partial charge in [0.1, 0.15) is 5.82 Å². The van der Waals surface area contributed by atoms with E-state index in [2.05, 4.69) is 30.5 Å². The molecular formula is C15H11BrClN3. The summed E-state index contributed by atoms with van der Waals surface area (Å²) in [5.74, 6) is 0.886. The maximum absolute atomic E-state index is 6.10. The minimum Gasteiger partial charge on any atom is -0.327 e. The lowest BCUT2D eigenvalue weighted by atomic mass is 10.2. The smallest absolute Gasteiger partial charge is 0.140 e. The molecule has 20 heavy (non-hydrogen) atoms. The van der Waals surface area contributed by atoms with Gasteiger partial charge in [0.05, 0.1) is 6.54 Å². The zero-order valence-corrected chi connectivity index (χ0v) is 12.8. The third-order valence-electron chi connectivity index (χ3n) is 2.91. The van der Waals surface area contributed by atoms with Gasteiger partial charge in [0, 0.05) is 39.8 Å². The van der Waals surface area contributed by atoms with E-state index < -0.39 is 0 Å². The highest BCUT2D eigenvalue weighted by atomic mass is 79.9. The number of halogens is 2. The summed E-state index contributed by atoms with van der Waals surface area (Å²) in [7, 11) is 0. The molecule has 0 aliphatic rings. The molecule has 2 heterocycles. The highest BCUT2D eigenvalue weighted by Crippen LogP contribution is 2.26. The lowest BCUT2D eigenvalue weighted by Gasteiger charge is -2.08. The molecule has 1 aromatic carbocycles. The van der Waals surface area contributed by atoms with Crippen molar-refractivity contribution in [1.82, 2.24) is 14.5 Å². The summed E-state index contributed by atoms with van der Waals surface area (Å²) in [5.41, 5.74) is 2.12. The van der Waals surface area contributed by atoms with Gasteiger partial charge in [0.2, 0.25) is 0 Å². The lowest BCUT2D eigenvalue weighted by Crippen LogP contribution is -2.01. The zero-order valence-electron chi connectivity index (χ0n) is 10.5. The number of aromatic nitrogens is 3. The predicted molar refractivity (Wildman–Crippen MR) is 83.7 cm³/mol. The average Bonchev–Trinajstić information content (AvgIpc) is 2.87. The second-order valence-corrected chi connectivity index (χ2v) is 5.75. The second kappa shape index (κ2) is 5.77. The number of benzene rings is 1. The van der Waals surface area contributed by atoms with Crippen LogP contribution in [0.4, 0.5) is 0 Å². The van der Waals surface area contributed by atoms with Gasteiger partial charge >= 0.3 is 0 Å². The molecular weight excluding hydrogens is 338 g/mol. The van der Waals surface area contributed by atoms with E-state index in [1.54, 1.807) is 12.4 Å². The van der Waals surface area contributed by atoms with Crippen LogP contribution in [-0.4, -0.2) is 14.5 Å². The summed E-state index contributed by atoms with van der Waals surface area (Å²) in [4.78, 5) is 8.56. The van der Waals surface area contributed by atoms with Gasteiger partial charge in [-0.3, -0.25) is 4.98 Å². The Morgan fingerprint density at radius 3 is 2.85 bits per heavy atom. The van der Waals surface area contributed by atoms with Gasteiger partial charge in [-0.05, 0) is 29.8 Å². The van der Waals surface area contributed by atoms with Crippen molar-refractivity contribution in [3.05, 3.63) is 70.2 Å². The zero-order chi connectivity index (χ0) is 13.9. The van der Waals surface area contributed by atoms with Gasteiger partial charge in [0.15, 0.2) is 0 Å². The Balaban J connectivity index is 1.98. The third-order valence-corrected chi connectivity index (χ3v) is 3.59. The minimum absolute atomic E-state index is 0.685. The van der Waals surface area contributed by atoms with E-state index in [9.17, 15) is 0 Å². The van der Waals surface area contributed by atoms with Crippen molar-refractivity contribution < 1.29 is 0 Å². The maximum atomic E-state index is 6.10. The Hall–Kier alpha value is -1.65. The summed E-state index contributed by atoms with van der Waals surface area (Å²) in [6.45, 7) is 0.729. The standard InChI is InChI=1S/C15H11BrClN3/c16-13-6-12(7-14(17)8-13)15-19-4-5-20(15)10-11-2-1-3-18-9-11/h1-9H,10H2. The molecule has 3 nitrogen and oxygen atoms in total. The first-order valence-corrected chi connectivity index (χ1v) is 7.26. The monoisotopic (exact) mass is 347 g/mol. The molecule has 2 aromatic heterocycles. The van der Waals surface area contributed by atoms with Crippen LogP contribution in [0.15, 0.2) is 59.6 Å². The Morgan fingerprint density at radius 1 is 1.20 bits per heavy atom. The molecule has 5 heteroatoms. The van der Waals surface area contributed by atoms with Gasteiger partial charge in [-0.25, -0.2) is 4.98 Å². The summed E-state index contributed by atoms with van der Waals surface area (Å²) in [6, 6.07) is 9.76. The van der Waals surface area contributed by atoms with E-state index in [4.69, 9.17) is 11.6 Å². The van der Waals surface area contributed by atoms with Crippen molar-refractivity contribution in [3.63, 3.8) is 0 Å². The Bertz CT molecular complexity index is 705. The predicted octanol–water partition coefficient (Wildman–Crippen LogP) is 4.41. The number of imidazole rings is 1. The quantitative estimate of drug-likeness (QED) is 0.702. The van der Waals surface area contributed by atoms with E-state index in [0.29, 0.717) is 5.02 Å². The molecule has 0 radical (unpaired) electrons. The molecule has 100 valence electrons. The number of rotatable bonds is 3. The van der Waals surface area contributed by atoms with Crippen LogP contribution in [0.1, 0.15) is 5.56 Å². The first kappa shape index (κ1) is 13.3. The van der Waals surface area contributed by atoms with Gasteiger partial charge in [-0.2, -0.15) is 0 Å². The van der Waals surface area contributed by atoms with Crippen LogP contribution in [0.5, 0.6) is 0 Å². The van der Waals surface area contributed by atoms with Gasteiger partial charge in [-0.15, -0.1) is 0 Å². The summed E-state index contributed by atoms with van der Waals surface area (Å²) < 4.78 is 3.02. The molecule has 0 saturated heterocycles. The van der Waals surface area contributed by atoms with E-state index in [0.717, 1.165) is 28.0 Å². The molecule has 0 unspecified atom stereocenters. The van der Waals surface area contributed by atoms with Crippen molar-refractivity contribution in [2.75, 3.05) is 0 Å². The number of nitrogens with zero attached hydrogens (tertiary/aromatic N) is 3. The second-order valence-electron chi connectivity index (χ2n) is 4.40. The first-order chi connectivity index (χ1) is 9.72. The lowest BCUT2D eigenvalue weighted by molar-refractivity contribution is 0.803. The molecule has 0 bridgehead atoms. The fourth-order valence-electron chi connectivity index (χ4n) is 2.07. The van der Waals surface area contributed by atoms with Crippen molar-refractivity contribution >= 4 is 27.5 Å². The van der Waals surface area contributed by atoms with Gasteiger partial charge < -0.3 is 4.57 Å². The van der Waals surface area contributed by atoms with Crippen LogP contribution in [-0.2, 0) is 6.54 Å². The molecule has 0 spiro atoms. The van der Waals surface area contributed by atoms with Crippen molar-refractivity contribution in [1.29, 1.82) is 0 Å². The van der Waals surface area contributed by atoms with E-state index in [1.807, 2.05) is 42.7 Å². The highest BCUT2D eigenvalue weighted by Gasteiger charge is 2.08. The Labute approximate surface area is 130 Å². The molecule has 3 aromatic rings. The molecule has 0 amide bonds. The Kier molecular flexibility index (Phi) is 3.85. The first-order valence-electron chi connectivity index (χ1n) is 6.09. The van der Waals surface area contributed by atoms with E-state index >= 15 is 0 Å². The Morgan fingerprint density at radius 2 is 2.10 bits per heavy atom. The number of hydrogen-bond donors (Lipinski definition) is 0. The molecule has 0 saturated carbocycles. The third kappa shape index (κ3) is 2.92. The summed E-state index contributed by atoms with van der Waals surface area (Å²) in [6.07, 6.45) is 7.38. The molecule has 0 aliphatic carbocycles. The van der Waals surface area contributed by atoms with Crippen LogP contribution < -0.4 is 0 Å². The normalized spacial score (nSPS) is 10.7. The SMILES string of the molecule is Clc1cc(Br)cc(-c2nccn2Cc2cccnc2)c1. The molecule has 3 rings (SSSR count). The van der Waals surface area contributed by atoms with E-state index in [1.165, 1.54) is 0 Å². The van der Waals surface area contributed by atoms with Crippen LogP contribution in [0.25, 0.3) is 11.4 Å². The van der Waals surface area contributed by atoms with Crippen molar-refractivity contribution in [3.8, 4) is 11.4 Å². The van der Waals surface area contributed by atoms with Crippen molar-refractivity contribution in [2.24, 2.45) is 0 Å². The fraction of sp³-hybridized carbons (Fsp3) is 0.0667. The summed E-state index contributed by atoms with van der Waals surface area (Å²) >= 11 is 9.56. The topological polar surface area (TPSA) is 30.7 Å². The molecule has 0 N–H and O–H groups in total. The number of pyridine rings is 1. The summed E-state index contributed by atoms with van der Waals surface area (Å²) in [5, 5.41) is 0.685. The molecule has 0 aliphatic heterocycles. The van der Waals surface area contributed by atoms with Crippen molar-refractivity contribution in [2.45, 2.75) is 6.54 Å². The molecule has 0 fully saturated rings. The van der Waals surface area contributed by atoms with Crippen LogP contribution in [0, 0.1) is 0 Å². The van der Waals surface area contributed by atoms with Crippen LogP contribution in [0.2, 0.25) is 5.02 Å². The van der Waals surface area contributed by atoms with E-state index in [-0.39, 0.29) is 0 Å². The van der Waals surface area contributed by atoms with Gasteiger partial charge in [-0.1, -0.05) is 33.6 Å². The fourth-order valence-corrected chi connectivity index (χ4v) is 2.93. The number of hydrogen-bond acceptors (Lipinski definition) is 2. The minimum atomic E-state index is 0.685. The van der Waals surface area contributed by atoms with Crippen LogP contribution in [0.3, 0.4) is 0 Å². The van der Waals surface area contributed by atoms with Gasteiger partial charge in [0.25, 0.3) is 0 Å². The molecule has 0 atom stereocenters. The largest absolute Gasteiger partial charge is 0.327 e. The maximum Gasteiger partial charge on any atom is 0.140 e. The van der Waals surface area contributed by atoms with Crippen LogP contribution >= 0.6 is 27.5 Å². The average molecular weight is 349 g/mol.